The number of benzene rings is 1. The first-order chi connectivity index (χ1) is 16.9. The topological polar surface area (TPSA) is 111 Å². The second-order valence-corrected chi connectivity index (χ2v) is 9.69. The summed E-state index contributed by atoms with van der Waals surface area (Å²) in [6.45, 7) is 4.89. The summed E-state index contributed by atoms with van der Waals surface area (Å²) in [6, 6.07) is 8.97. The maximum absolute atomic E-state index is 11.8. The van der Waals surface area contributed by atoms with Crippen molar-refractivity contribution in [2.24, 2.45) is 5.92 Å². The first kappa shape index (κ1) is 23.3. The Kier molecular flexibility index (Phi) is 6.46. The van der Waals surface area contributed by atoms with E-state index in [4.69, 9.17) is 4.74 Å². The molecule has 2 unspecified atom stereocenters. The van der Waals surface area contributed by atoms with Crippen LogP contribution in [0.5, 0.6) is 0 Å². The van der Waals surface area contributed by atoms with Crippen LogP contribution in [0.15, 0.2) is 30.5 Å². The number of fused-ring (bicyclic) bond motifs is 1. The molecule has 2 N–H and O–H groups in total. The Bertz CT molecular complexity index is 1080. The number of amides is 2. The molecule has 0 spiro atoms. The SMILES string of the molecule is CC(Nc1ncc2c(n1)N(C)C(=O)OC2)c1ccc(C(CC2CC2)N2CCN(C(=O)O)CC2)cc1. The predicted octanol–water partition coefficient (Wildman–Crippen LogP) is 3.87. The van der Waals surface area contributed by atoms with Crippen LogP contribution in [0, 0.1) is 5.92 Å². The van der Waals surface area contributed by atoms with Crippen LogP contribution in [0.2, 0.25) is 0 Å². The molecule has 1 aliphatic carbocycles. The van der Waals surface area contributed by atoms with Crippen molar-refractivity contribution < 1.29 is 19.4 Å². The zero-order valence-electron chi connectivity index (χ0n) is 20.2. The molecule has 1 aromatic carbocycles. The van der Waals surface area contributed by atoms with Crippen LogP contribution in [-0.4, -0.2) is 70.3 Å². The fourth-order valence-corrected chi connectivity index (χ4v) is 4.86. The lowest BCUT2D eigenvalue weighted by Crippen LogP contribution is -2.49. The molecule has 10 nitrogen and oxygen atoms in total. The third-order valence-electron chi connectivity index (χ3n) is 7.23. The Morgan fingerprint density at radius 2 is 1.86 bits per heavy atom. The third kappa shape index (κ3) is 5.17. The molecule has 1 aromatic heterocycles. The Labute approximate surface area is 204 Å². The number of ether oxygens (including phenoxy) is 1. The van der Waals surface area contributed by atoms with E-state index in [-0.39, 0.29) is 12.6 Å². The van der Waals surface area contributed by atoms with Gasteiger partial charge in [0, 0.05) is 45.5 Å². The van der Waals surface area contributed by atoms with Gasteiger partial charge in [-0.05, 0) is 30.4 Å². The lowest BCUT2D eigenvalue weighted by molar-refractivity contribution is 0.0805. The summed E-state index contributed by atoms with van der Waals surface area (Å²) < 4.78 is 5.08. The smallest absolute Gasteiger partial charge is 0.415 e. The van der Waals surface area contributed by atoms with Crippen LogP contribution in [-0.2, 0) is 11.3 Å². The number of nitrogens with zero attached hydrogens (tertiary/aromatic N) is 5. The molecule has 2 aliphatic heterocycles. The molecule has 0 bridgehead atoms. The minimum atomic E-state index is -0.830. The number of carbonyl (C=O) groups excluding carboxylic acids is 1. The normalized spacial score (nSPS) is 20.1. The van der Waals surface area contributed by atoms with Gasteiger partial charge in [-0.3, -0.25) is 9.80 Å². The summed E-state index contributed by atoms with van der Waals surface area (Å²) in [5.41, 5.74) is 3.17. The van der Waals surface area contributed by atoms with E-state index < -0.39 is 12.2 Å². The molecule has 35 heavy (non-hydrogen) atoms. The molecule has 2 amide bonds. The zero-order valence-corrected chi connectivity index (χ0v) is 20.2. The number of carbonyl (C=O) groups is 2. The number of anilines is 2. The largest absolute Gasteiger partial charge is 0.465 e. The molecular formula is C25H32N6O4. The number of hydrogen-bond donors (Lipinski definition) is 2. The molecule has 2 fully saturated rings. The first-order valence-electron chi connectivity index (χ1n) is 12.2. The lowest BCUT2D eigenvalue weighted by Gasteiger charge is -2.38. The van der Waals surface area contributed by atoms with Gasteiger partial charge in [0.25, 0.3) is 0 Å². The Morgan fingerprint density at radius 3 is 2.51 bits per heavy atom. The van der Waals surface area contributed by atoms with Crippen LogP contribution in [0.25, 0.3) is 0 Å². The van der Waals surface area contributed by atoms with Crippen LogP contribution >= 0.6 is 0 Å². The van der Waals surface area contributed by atoms with Gasteiger partial charge in [0.15, 0.2) is 0 Å². The van der Waals surface area contributed by atoms with Crippen LogP contribution in [0.1, 0.15) is 55.0 Å². The van der Waals surface area contributed by atoms with Gasteiger partial charge in [0.1, 0.15) is 12.4 Å². The average Bonchev–Trinajstić information content (AvgIpc) is 3.70. The second kappa shape index (κ2) is 9.69. The van der Waals surface area contributed by atoms with E-state index in [1.54, 1.807) is 13.2 Å². The van der Waals surface area contributed by atoms with E-state index in [2.05, 4.69) is 51.4 Å². The van der Waals surface area contributed by atoms with Gasteiger partial charge in [-0.25, -0.2) is 14.6 Å². The average molecular weight is 481 g/mol. The van der Waals surface area contributed by atoms with E-state index in [0.717, 1.165) is 36.6 Å². The molecule has 10 heteroatoms. The second-order valence-electron chi connectivity index (χ2n) is 9.69. The minimum absolute atomic E-state index is 0.0241. The molecule has 3 aliphatic rings. The highest BCUT2D eigenvalue weighted by Crippen LogP contribution is 2.40. The molecular weight excluding hydrogens is 448 g/mol. The van der Waals surface area contributed by atoms with Crippen molar-refractivity contribution in [2.45, 2.75) is 44.9 Å². The van der Waals surface area contributed by atoms with Crippen molar-refractivity contribution in [3.05, 3.63) is 47.2 Å². The molecule has 5 rings (SSSR count). The van der Waals surface area contributed by atoms with Gasteiger partial charge in [-0.1, -0.05) is 37.1 Å². The van der Waals surface area contributed by atoms with Gasteiger partial charge >= 0.3 is 12.2 Å². The summed E-state index contributed by atoms with van der Waals surface area (Å²) in [4.78, 5) is 37.4. The van der Waals surface area contributed by atoms with Gasteiger partial charge in [0.05, 0.1) is 11.6 Å². The first-order valence-corrected chi connectivity index (χ1v) is 12.2. The lowest BCUT2D eigenvalue weighted by atomic mass is 9.96. The van der Waals surface area contributed by atoms with Gasteiger partial charge < -0.3 is 20.1 Å². The molecule has 1 saturated carbocycles. The standard InChI is InChI=1S/C25H32N6O4/c1-16(27-23-26-14-20-15-35-25(34)29(2)22(20)28-23)18-5-7-19(8-6-18)21(13-17-3-4-17)30-9-11-31(12-10-30)24(32)33/h5-8,14,16-17,21H,3-4,9-13,15H2,1-2H3,(H,32,33)(H,26,27,28). The number of nitrogens with one attached hydrogen (secondary N) is 1. The Balaban J connectivity index is 1.26. The minimum Gasteiger partial charge on any atom is -0.465 e. The monoisotopic (exact) mass is 480 g/mol. The van der Waals surface area contributed by atoms with Crippen molar-refractivity contribution in [1.82, 2.24) is 19.8 Å². The predicted molar refractivity (Wildman–Crippen MR) is 130 cm³/mol. The zero-order chi connectivity index (χ0) is 24.5. The molecule has 186 valence electrons. The highest BCUT2D eigenvalue weighted by atomic mass is 16.6. The molecule has 2 atom stereocenters. The Hall–Kier alpha value is -3.40. The molecule has 1 saturated heterocycles. The van der Waals surface area contributed by atoms with Crippen LogP contribution in [0.4, 0.5) is 21.4 Å². The van der Waals surface area contributed by atoms with E-state index in [0.29, 0.717) is 30.9 Å². The highest BCUT2D eigenvalue weighted by Gasteiger charge is 2.32. The number of hydrogen-bond acceptors (Lipinski definition) is 7. The fraction of sp³-hybridized carbons (Fsp3) is 0.520. The van der Waals surface area contributed by atoms with Crippen molar-refractivity contribution in [1.29, 1.82) is 0 Å². The van der Waals surface area contributed by atoms with Crippen molar-refractivity contribution in [3.8, 4) is 0 Å². The molecule has 3 heterocycles. The third-order valence-corrected chi connectivity index (χ3v) is 7.23. The number of carboxylic acid groups (broad SMARTS) is 1. The van der Waals surface area contributed by atoms with E-state index in [1.165, 1.54) is 28.2 Å². The maximum Gasteiger partial charge on any atom is 0.415 e. The van der Waals surface area contributed by atoms with Gasteiger partial charge in [-0.15, -0.1) is 0 Å². The van der Waals surface area contributed by atoms with Crippen molar-refractivity contribution in [2.75, 3.05) is 43.4 Å². The summed E-state index contributed by atoms with van der Waals surface area (Å²) in [6.07, 6.45) is 4.14. The van der Waals surface area contributed by atoms with E-state index in [1.807, 2.05) is 0 Å². The molecule has 2 aromatic rings. The fourth-order valence-electron chi connectivity index (χ4n) is 4.86. The Morgan fingerprint density at radius 1 is 1.17 bits per heavy atom. The van der Waals surface area contributed by atoms with E-state index in [9.17, 15) is 14.7 Å². The van der Waals surface area contributed by atoms with Crippen molar-refractivity contribution in [3.63, 3.8) is 0 Å². The number of rotatable bonds is 7. The van der Waals surface area contributed by atoms with E-state index >= 15 is 0 Å². The highest BCUT2D eigenvalue weighted by molar-refractivity contribution is 5.88. The van der Waals surface area contributed by atoms with Crippen LogP contribution in [0.3, 0.4) is 0 Å². The summed E-state index contributed by atoms with van der Waals surface area (Å²) in [5.74, 6) is 1.80. The maximum atomic E-state index is 11.8. The van der Waals surface area contributed by atoms with Crippen molar-refractivity contribution >= 4 is 24.0 Å². The molecule has 0 radical (unpaired) electrons. The quantitative estimate of drug-likeness (QED) is 0.614. The van der Waals surface area contributed by atoms with Gasteiger partial charge in [-0.2, -0.15) is 4.98 Å². The summed E-state index contributed by atoms with van der Waals surface area (Å²) in [7, 11) is 1.64. The van der Waals surface area contributed by atoms with Crippen LogP contribution < -0.4 is 10.2 Å². The van der Waals surface area contributed by atoms with Gasteiger partial charge in [0.2, 0.25) is 5.95 Å². The number of piperazine rings is 1. The number of cyclic esters (lactones) is 1. The number of aromatic nitrogens is 2. The summed E-state index contributed by atoms with van der Waals surface area (Å²) in [5, 5.41) is 12.6. The summed E-state index contributed by atoms with van der Waals surface area (Å²) >= 11 is 0.